The standard InChI is InChI=1S/C10H22N2O2.ClH/c1-8(2)9(11)5-6-12(3)10(13)7-14-4;/h8-9H,5-7,11H2,1-4H3;1H. The first-order chi connectivity index (χ1) is 6.49. The lowest BCUT2D eigenvalue weighted by atomic mass is 10.0. The molecule has 1 unspecified atom stereocenters. The first-order valence-corrected chi connectivity index (χ1v) is 4.97. The predicted molar refractivity (Wildman–Crippen MR) is 64.2 cm³/mol. The molecule has 0 aromatic carbocycles. The van der Waals surface area contributed by atoms with Gasteiger partial charge in [-0.15, -0.1) is 12.4 Å². The SMILES string of the molecule is COCC(=O)N(C)CCC(N)C(C)C.Cl. The van der Waals surface area contributed by atoms with Crippen LogP contribution in [0.15, 0.2) is 0 Å². The third-order valence-corrected chi connectivity index (χ3v) is 2.35. The zero-order valence-electron chi connectivity index (χ0n) is 10.0. The van der Waals surface area contributed by atoms with Crippen LogP contribution in [0.1, 0.15) is 20.3 Å². The lowest BCUT2D eigenvalue weighted by Crippen LogP contribution is -2.36. The van der Waals surface area contributed by atoms with Crippen molar-refractivity contribution in [1.29, 1.82) is 0 Å². The van der Waals surface area contributed by atoms with Gasteiger partial charge in [-0.1, -0.05) is 13.8 Å². The molecular weight excluding hydrogens is 216 g/mol. The molecule has 0 saturated carbocycles. The second-order valence-electron chi connectivity index (χ2n) is 3.94. The van der Waals surface area contributed by atoms with Crippen molar-refractivity contribution in [3.63, 3.8) is 0 Å². The summed E-state index contributed by atoms with van der Waals surface area (Å²) >= 11 is 0. The van der Waals surface area contributed by atoms with E-state index in [1.54, 1.807) is 11.9 Å². The van der Waals surface area contributed by atoms with Gasteiger partial charge in [-0.25, -0.2) is 0 Å². The summed E-state index contributed by atoms with van der Waals surface area (Å²) in [5.74, 6) is 0.462. The van der Waals surface area contributed by atoms with E-state index in [9.17, 15) is 4.79 Å². The highest BCUT2D eigenvalue weighted by molar-refractivity contribution is 5.85. The summed E-state index contributed by atoms with van der Waals surface area (Å²) < 4.78 is 4.76. The number of carbonyl (C=O) groups is 1. The van der Waals surface area contributed by atoms with E-state index in [1.807, 2.05) is 0 Å². The largest absolute Gasteiger partial charge is 0.375 e. The van der Waals surface area contributed by atoms with Gasteiger partial charge in [0, 0.05) is 26.7 Å². The highest BCUT2D eigenvalue weighted by atomic mass is 35.5. The van der Waals surface area contributed by atoms with Crippen LogP contribution in [-0.4, -0.2) is 44.2 Å². The Bertz CT molecular complexity index is 177. The quantitative estimate of drug-likeness (QED) is 0.748. The minimum absolute atomic E-state index is 0. The van der Waals surface area contributed by atoms with Gasteiger partial charge in [0.15, 0.2) is 0 Å². The molecule has 2 N–H and O–H groups in total. The summed E-state index contributed by atoms with van der Waals surface area (Å²) in [6.07, 6.45) is 0.837. The molecule has 4 nitrogen and oxygen atoms in total. The van der Waals surface area contributed by atoms with Crippen LogP contribution in [-0.2, 0) is 9.53 Å². The molecule has 0 aliphatic carbocycles. The molecule has 1 amide bonds. The number of nitrogens with two attached hydrogens (primary N) is 1. The van der Waals surface area contributed by atoms with Gasteiger partial charge in [0.25, 0.3) is 0 Å². The number of nitrogens with zero attached hydrogens (tertiary/aromatic N) is 1. The lowest BCUT2D eigenvalue weighted by Gasteiger charge is -2.21. The molecule has 0 aliphatic heterocycles. The molecule has 0 spiro atoms. The van der Waals surface area contributed by atoms with Crippen molar-refractivity contribution in [1.82, 2.24) is 4.90 Å². The molecule has 0 saturated heterocycles. The van der Waals surface area contributed by atoms with Crippen LogP contribution >= 0.6 is 12.4 Å². The number of rotatable bonds is 6. The molecule has 0 aromatic rings. The van der Waals surface area contributed by atoms with Crippen LogP contribution in [0.3, 0.4) is 0 Å². The Morgan fingerprint density at radius 3 is 2.40 bits per heavy atom. The third kappa shape index (κ3) is 7.59. The van der Waals surface area contributed by atoms with Crippen molar-refractivity contribution in [3.8, 4) is 0 Å². The van der Waals surface area contributed by atoms with E-state index in [0.717, 1.165) is 6.42 Å². The number of methoxy groups -OCH3 is 1. The number of ether oxygens (including phenoxy) is 1. The summed E-state index contributed by atoms with van der Waals surface area (Å²) in [6.45, 7) is 5.01. The van der Waals surface area contributed by atoms with Crippen molar-refractivity contribution in [3.05, 3.63) is 0 Å². The molecule has 5 heteroatoms. The van der Waals surface area contributed by atoms with E-state index in [1.165, 1.54) is 7.11 Å². The summed E-state index contributed by atoms with van der Waals surface area (Å²) in [5, 5.41) is 0. The summed E-state index contributed by atoms with van der Waals surface area (Å²) in [7, 11) is 3.29. The minimum Gasteiger partial charge on any atom is -0.375 e. The zero-order chi connectivity index (χ0) is 11.1. The van der Waals surface area contributed by atoms with Crippen molar-refractivity contribution < 1.29 is 9.53 Å². The molecule has 0 fully saturated rings. The van der Waals surface area contributed by atoms with E-state index in [4.69, 9.17) is 10.5 Å². The van der Waals surface area contributed by atoms with Gasteiger partial charge in [-0.3, -0.25) is 4.79 Å². The second kappa shape index (κ2) is 8.95. The van der Waals surface area contributed by atoms with Gasteiger partial charge in [-0.2, -0.15) is 0 Å². The first-order valence-electron chi connectivity index (χ1n) is 4.97. The van der Waals surface area contributed by atoms with E-state index in [2.05, 4.69) is 13.8 Å². The van der Waals surface area contributed by atoms with Crippen LogP contribution < -0.4 is 5.73 Å². The topological polar surface area (TPSA) is 55.6 Å². The highest BCUT2D eigenvalue weighted by Crippen LogP contribution is 2.03. The second-order valence-corrected chi connectivity index (χ2v) is 3.94. The van der Waals surface area contributed by atoms with Crippen LogP contribution in [0.4, 0.5) is 0 Å². The van der Waals surface area contributed by atoms with Gasteiger partial charge in [0.1, 0.15) is 6.61 Å². The molecule has 0 radical (unpaired) electrons. The van der Waals surface area contributed by atoms with Gasteiger partial charge in [0.2, 0.25) is 5.91 Å². The van der Waals surface area contributed by atoms with Gasteiger partial charge in [-0.05, 0) is 12.3 Å². The third-order valence-electron chi connectivity index (χ3n) is 2.35. The Balaban J connectivity index is 0. The van der Waals surface area contributed by atoms with E-state index >= 15 is 0 Å². The van der Waals surface area contributed by atoms with Gasteiger partial charge >= 0.3 is 0 Å². The fourth-order valence-electron chi connectivity index (χ4n) is 1.03. The lowest BCUT2D eigenvalue weighted by molar-refractivity contribution is -0.133. The number of hydrogen-bond acceptors (Lipinski definition) is 3. The number of halogens is 1. The average molecular weight is 239 g/mol. The van der Waals surface area contributed by atoms with E-state index in [0.29, 0.717) is 12.5 Å². The Hall–Kier alpha value is -0.320. The molecule has 0 heterocycles. The maximum absolute atomic E-state index is 11.3. The van der Waals surface area contributed by atoms with Crippen molar-refractivity contribution >= 4 is 18.3 Å². The Kier molecular flexibility index (Phi) is 10.2. The van der Waals surface area contributed by atoms with E-state index in [-0.39, 0.29) is 31.0 Å². The summed E-state index contributed by atoms with van der Waals surface area (Å²) in [4.78, 5) is 12.9. The predicted octanol–water partition coefficient (Wildman–Crippen LogP) is 0.886. The molecular formula is C10H23ClN2O2. The summed E-state index contributed by atoms with van der Waals surface area (Å²) in [5.41, 5.74) is 5.87. The normalized spacial score (nSPS) is 12.1. The van der Waals surface area contributed by atoms with E-state index < -0.39 is 0 Å². The first kappa shape index (κ1) is 17.1. The van der Waals surface area contributed by atoms with Gasteiger partial charge in [0.05, 0.1) is 0 Å². The van der Waals surface area contributed by atoms with Gasteiger partial charge < -0.3 is 15.4 Å². The Morgan fingerprint density at radius 1 is 1.47 bits per heavy atom. The zero-order valence-corrected chi connectivity index (χ0v) is 10.8. The smallest absolute Gasteiger partial charge is 0.248 e. The number of hydrogen-bond donors (Lipinski definition) is 1. The Labute approximate surface area is 98.6 Å². The van der Waals surface area contributed by atoms with Crippen LogP contribution in [0.2, 0.25) is 0 Å². The maximum atomic E-state index is 11.3. The Morgan fingerprint density at radius 2 is 2.00 bits per heavy atom. The average Bonchev–Trinajstić information content (AvgIpc) is 2.13. The number of amides is 1. The number of likely N-dealkylation sites (N-methyl/N-ethyl adjacent to an activating group) is 1. The van der Waals surface area contributed by atoms with Crippen LogP contribution in [0.5, 0.6) is 0 Å². The molecule has 0 aliphatic rings. The van der Waals surface area contributed by atoms with Crippen molar-refractivity contribution in [2.24, 2.45) is 11.7 Å². The fraction of sp³-hybridized carbons (Fsp3) is 0.900. The monoisotopic (exact) mass is 238 g/mol. The fourth-order valence-corrected chi connectivity index (χ4v) is 1.03. The molecule has 1 atom stereocenters. The van der Waals surface area contributed by atoms with Crippen LogP contribution in [0.25, 0.3) is 0 Å². The maximum Gasteiger partial charge on any atom is 0.248 e. The van der Waals surface area contributed by atoms with Crippen LogP contribution in [0, 0.1) is 5.92 Å². The summed E-state index contributed by atoms with van der Waals surface area (Å²) in [6, 6.07) is 0.160. The highest BCUT2D eigenvalue weighted by Gasteiger charge is 2.12. The number of carbonyl (C=O) groups excluding carboxylic acids is 1. The van der Waals surface area contributed by atoms with Crippen molar-refractivity contribution in [2.75, 3.05) is 27.3 Å². The minimum atomic E-state index is 0. The molecule has 92 valence electrons. The molecule has 15 heavy (non-hydrogen) atoms. The molecule has 0 rings (SSSR count). The molecule has 0 bridgehead atoms. The molecule has 0 aromatic heterocycles. The van der Waals surface area contributed by atoms with Crippen molar-refractivity contribution in [2.45, 2.75) is 26.3 Å².